The minimum Gasteiger partial charge on any atom is -0.269 e. The molecular weight excluding hydrogens is 226 g/mol. The van der Waals surface area contributed by atoms with E-state index < -0.39 is 15.9 Å². The summed E-state index contributed by atoms with van der Waals surface area (Å²) in [6.45, 7) is 3.16. The first-order valence-electron chi connectivity index (χ1n) is 4.46. The van der Waals surface area contributed by atoms with Crippen LogP contribution in [0.1, 0.15) is 5.56 Å². The van der Waals surface area contributed by atoms with Gasteiger partial charge in [-0.1, -0.05) is 36.9 Å². The minimum atomic E-state index is -3.74. The first-order chi connectivity index (χ1) is 7.53. The fourth-order valence-corrected chi connectivity index (χ4v) is 1.72. The third-order valence-corrected chi connectivity index (χ3v) is 2.65. The average molecular weight is 237 g/mol. The molecule has 1 aromatic carbocycles. The van der Waals surface area contributed by atoms with Gasteiger partial charge in [0.15, 0.2) is 0 Å². The van der Waals surface area contributed by atoms with Gasteiger partial charge in [-0.25, -0.2) is 13.1 Å². The summed E-state index contributed by atoms with van der Waals surface area (Å²) in [5.74, 6) is -0.752. The molecule has 0 spiro atoms. The molecule has 0 heterocycles. The standard InChI is InChI=1S/C11H11NO3S/c1-2-11(13)12-16(14,15)9-8-10-6-4-3-5-7-10/h2-9H,1H2,(H,12,13). The van der Waals surface area contributed by atoms with Crippen LogP contribution in [0.15, 0.2) is 48.4 Å². The molecule has 4 nitrogen and oxygen atoms in total. The van der Waals surface area contributed by atoms with Gasteiger partial charge in [-0.3, -0.25) is 4.79 Å². The molecule has 1 aromatic rings. The highest BCUT2D eigenvalue weighted by molar-refractivity contribution is 7.93. The molecule has 0 unspecified atom stereocenters. The summed E-state index contributed by atoms with van der Waals surface area (Å²) in [5.41, 5.74) is 0.735. The molecule has 0 bridgehead atoms. The van der Waals surface area contributed by atoms with Crippen molar-refractivity contribution in [3.05, 3.63) is 54.0 Å². The van der Waals surface area contributed by atoms with Gasteiger partial charge in [-0.05, 0) is 17.7 Å². The molecule has 1 rings (SSSR count). The summed E-state index contributed by atoms with van der Waals surface area (Å²) >= 11 is 0. The second kappa shape index (κ2) is 5.27. The van der Waals surface area contributed by atoms with E-state index >= 15 is 0 Å². The van der Waals surface area contributed by atoms with Crippen LogP contribution in [0.3, 0.4) is 0 Å². The van der Waals surface area contributed by atoms with Crippen molar-refractivity contribution in [3.8, 4) is 0 Å². The van der Waals surface area contributed by atoms with Crippen molar-refractivity contribution in [1.29, 1.82) is 0 Å². The first-order valence-corrected chi connectivity index (χ1v) is 6.00. The van der Waals surface area contributed by atoms with Crippen LogP contribution in [-0.2, 0) is 14.8 Å². The van der Waals surface area contributed by atoms with Crippen molar-refractivity contribution in [2.24, 2.45) is 0 Å². The quantitative estimate of drug-likeness (QED) is 0.802. The third-order valence-electron chi connectivity index (χ3n) is 1.67. The lowest BCUT2D eigenvalue weighted by Gasteiger charge is -1.98. The van der Waals surface area contributed by atoms with Crippen molar-refractivity contribution in [3.63, 3.8) is 0 Å². The first kappa shape index (κ1) is 12.2. The van der Waals surface area contributed by atoms with Crippen LogP contribution in [0.5, 0.6) is 0 Å². The number of sulfonamides is 1. The van der Waals surface area contributed by atoms with Crippen molar-refractivity contribution in [2.75, 3.05) is 0 Å². The molecule has 0 aromatic heterocycles. The predicted molar refractivity (Wildman–Crippen MR) is 62.7 cm³/mol. The van der Waals surface area contributed by atoms with Gasteiger partial charge in [0, 0.05) is 0 Å². The Morgan fingerprint density at radius 3 is 2.44 bits per heavy atom. The fraction of sp³-hybridized carbons (Fsp3) is 0. The molecule has 16 heavy (non-hydrogen) atoms. The minimum absolute atomic E-state index is 0.735. The highest BCUT2D eigenvalue weighted by atomic mass is 32.2. The predicted octanol–water partition coefficient (Wildman–Crippen LogP) is 1.29. The summed E-state index contributed by atoms with van der Waals surface area (Å²) in [6.07, 6.45) is 2.30. The van der Waals surface area contributed by atoms with E-state index in [1.165, 1.54) is 6.08 Å². The maximum Gasteiger partial charge on any atom is 0.257 e. The zero-order valence-corrected chi connectivity index (χ0v) is 9.28. The van der Waals surface area contributed by atoms with E-state index in [0.29, 0.717) is 0 Å². The summed E-state index contributed by atoms with van der Waals surface area (Å²) in [6, 6.07) is 8.90. The third kappa shape index (κ3) is 4.10. The number of benzene rings is 1. The zero-order valence-electron chi connectivity index (χ0n) is 8.46. The van der Waals surface area contributed by atoms with Crippen LogP contribution in [0.25, 0.3) is 6.08 Å². The van der Waals surface area contributed by atoms with E-state index in [0.717, 1.165) is 17.0 Å². The van der Waals surface area contributed by atoms with E-state index in [1.807, 2.05) is 6.07 Å². The highest BCUT2D eigenvalue weighted by Crippen LogP contribution is 2.02. The monoisotopic (exact) mass is 237 g/mol. The molecular formula is C11H11NO3S. The lowest BCUT2D eigenvalue weighted by molar-refractivity contribution is -0.114. The van der Waals surface area contributed by atoms with Crippen LogP contribution in [0.2, 0.25) is 0 Å². The van der Waals surface area contributed by atoms with Gasteiger partial charge in [0.25, 0.3) is 15.9 Å². The Balaban J connectivity index is 2.77. The van der Waals surface area contributed by atoms with Gasteiger partial charge in [0.2, 0.25) is 0 Å². The van der Waals surface area contributed by atoms with Gasteiger partial charge in [0.1, 0.15) is 0 Å². The summed E-state index contributed by atoms with van der Waals surface area (Å²) in [7, 11) is -3.74. The van der Waals surface area contributed by atoms with Crippen LogP contribution in [-0.4, -0.2) is 14.3 Å². The normalized spacial score (nSPS) is 11.2. The van der Waals surface area contributed by atoms with Gasteiger partial charge in [-0.15, -0.1) is 0 Å². The molecule has 0 radical (unpaired) electrons. The van der Waals surface area contributed by atoms with Gasteiger partial charge < -0.3 is 0 Å². The molecule has 1 N–H and O–H groups in total. The molecule has 84 valence electrons. The number of hydrogen-bond acceptors (Lipinski definition) is 3. The van der Waals surface area contributed by atoms with Crippen molar-refractivity contribution in [2.45, 2.75) is 0 Å². The Morgan fingerprint density at radius 2 is 1.88 bits per heavy atom. The molecule has 0 atom stereocenters. The maximum atomic E-state index is 11.3. The van der Waals surface area contributed by atoms with Crippen molar-refractivity contribution >= 4 is 22.0 Å². The Labute approximate surface area is 94.3 Å². The van der Waals surface area contributed by atoms with Crippen molar-refractivity contribution in [1.82, 2.24) is 4.72 Å². The lowest BCUT2D eigenvalue weighted by atomic mass is 10.2. The highest BCUT2D eigenvalue weighted by Gasteiger charge is 2.06. The summed E-state index contributed by atoms with van der Waals surface area (Å²) in [5, 5.41) is 0.934. The smallest absolute Gasteiger partial charge is 0.257 e. The maximum absolute atomic E-state index is 11.3. The topological polar surface area (TPSA) is 63.2 Å². The Bertz CT molecular complexity index is 503. The molecule has 0 aliphatic carbocycles. The zero-order chi connectivity index (χ0) is 12.0. The van der Waals surface area contributed by atoms with Crippen molar-refractivity contribution < 1.29 is 13.2 Å². The molecule has 0 aliphatic rings. The SMILES string of the molecule is C=CC(=O)NS(=O)(=O)C=Cc1ccccc1. The summed E-state index contributed by atoms with van der Waals surface area (Å²) < 4.78 is 24.4. The van der Waals surface area contributed by atoms with E-state index in [9.17, 15) is 13.2 Å². The number of carbonyl (C=O) groups excluding carboxylic acids is 1. The van der Waals surface area contributed by atoms with Crippen LogP contribution >= 0.6 is 0 Å². The molecule has 1 amide bonds. The van der Waals surface area contributed by atoms with Crippen LogP contribution in [0, 0.1) is 0 Å². The molecule has 0 fully saturated rings. The second-order valence-corrected chi connectivity index (χ2v) is 4.50. The van der Waals surface area contributed by atoms with E-state index in [1.54, 1.807) is 29.0 Å². The molecule has 0 saturated heterocycles. The second-order valence-electron chi connectivity index (χ2n) is 2.93. The van der Waals surface area contributed by atoms with E-state index in [-0.39, 0.29) is 0 Å². The van der Waals surface area contributed by atoms with Gasteiger partial charge >= 0.3 is 0 Å². The number of hydrogen-bond donors (Lipinski definition) is 1. The summed E-state index contributed by atoms with van der Waals surface area (Å²) in [4.78, 5) is 10.8. The number of carbonyl (C=O) groups is 1. The van der Waals surface area contributed by atoms with E-state index in [4.69, 9.17) is 0 Å². The average Bonchev–Trinajstić information content (AvgIpc) is 2.27. The molecule has 0 aliphatic heterocycles. The Kier molecular flexibility index (Phi) is 4.02. The largest absolute Gasteiger partial charge is 0.269 e. The number of amides is 1. The number of rotatable bonds is 4. The molecule has 5 heteroatoms. The van der Waals surface area contributed by atoms with Gasteiger partial charge in [0.05, 0.1) is 5.41 Å². The van der Waals surface area contributed by atoms with Crippen LogP contribution < -0.4 is 4.72 Å². The van der Waals surface area contributed by atoms with E-state index in [2.05, 4.69) is 6.58 Å². The lowest BCUT2D eigenvalue weighted by Crippen LogP contribution is -2.26. The number of nitrogens with one attached hydrogen (secondary N) is 1. The molecule has 0 saturated carbocycles. The van der Waals surface area contributed by atoms with Gasteiger partial charge in [-0.2, -0.15) is 0 Å². The fourth-order valence-electron chi connectivity index (χ4n) is 0.948. The Morgan fingerprint density at radius 1 is 1.25 bits per heavy atom. The Hall–Kier alpha value is -1.88. The van der Waals surface area contributed by atoms with Crippen LogP contribution in [0.4, 0.5) is 0 Å².